The van der Waals surface area contributed by atoms with Gasteiger partial charge in [-0.2, -0.15) is 0 Å². The van der Waals surface area contributed by atoms with E-state index >= 15 is 0 Å². The first kappa shape index (κ1) is 20.6. The van der Waals surface area contributed by atoms with Crippen molar-refractivity contribution < 1.29 is 32.2 Å². The fourth-order valence-corrected chi connectivity index (χ4v) is 5.19. The van der Waals surface area contributed by atoms with Gasteiger partial charge in [0.15, 0.2) is 24.1 Å². The van der Waals surface area contributed by atoms with Gasteiger partial charge in [-0.1, -0.05) is 6.07 Å². The second-order valence-corrected chi connectivity index (χ2v) is 9.57. The second kappa shape index (κ2) is 9.86. The Morgan fingerprint density at radius 3 is 1.81 bits per heavy atom. The summed E-state index contributed by atoms with van der Waals surface area (Å²) in [5, 5.41) is 0.803. The molecule has 0 aromatic heterocycles. The Morgan fingerprint density at radius 1 is 0.778 bits per heavy atom. The van der Waals surface area contributed by atoms with Gasteiger partial charge in [-0.05, 0) is 37.8 Å². The third-order valence-corrected chi connectivity index (χ3v) is 7.53. The molecule has 2 atom stereocenters. The van der Waals surface area contributed by atoms with Crippen LogP contribution in [-0.4, -0.2) is 55.9 Å². The van der Waals surface area contributed by atoms with Crippen molar-refractivity contribution in [3.8, 4) is 11.5 Å². The summed E-state index contributed by atoms with van der Waals surface area (Å²) < 4.78 is 40.5. The molecule has 3 rings (SSSR count). The molecule has 0 bridgehead atoms. The SMILES string of the molecule is CO[Si](OC)(OC)c1ccc(OC2CCCCO2)c(OC2CCCCO2)c1. The van der Waals surface area contributed by atoms with Gasteiger partial charge in [0, 0.05) is 39.4 Å². The molecule has 7 nitrogen and oxygen atoms in total. The Labute approximate surface area is 162 Å². The van der Waals surface area contributed by atoms with Crippen LogP contribution in [0.15, 0.2) is 18.2 Å². The molecule has 8 heteroatoms. The minimum atomic E-state index is -2.97. The van der Waals surface area contributed by atoms with Crippen LogP contribution < -0.4 is 14.7 Å². The predicted octanol–water partition coefficient (Wildman–Crippen LogP) is 2.58. The zero-order valence-electron chi connectivity index (χ0n) is 16.4. The standard InChI is InChI=1S/C19H30O7Si/c1-20-27(21-2,22-3)15-10-11-16(25-18-8-4-6-12-23-18)17(14-15)26-19-9-5-7-13-24-19/h10-11,14,18-19H,4-9,12-13H2,1-3H3. The highest BCUT2D eigenvalue weighted by molar-refractivity contribution is 6.75. The van der Waals surface area contributed by atoms with E-state index in [0.29, 0.717) is 18.1 Å². The van der Waals surface area contributed by atoms with Crippen molar-refractivity contribution in [2.45, 2.75) is 51.1 Å². The average Bonchev–Trinajstić information content (AvgIpc) is 2.73. The number of ether oxygens (including phenoxy) is 4. The highest BCUT2D eigenvalue weighted by Crippen LogP contribution is 2.32. The summed E-state index contributed by atoms with van der Waals surface area (Å²) in [5.41, 5.74) is 0. The maximum atomic E-state index is 6.15. The van der Waals surface area contributed by atoms with E-state index in [-0.39, 0.29) is 12.6 Å². The average molecular weight is 399 g/mol. The molecule has 152 valence electrons. The molecule has 0 N–H and O–H groups in total. The maximum Gasteiger partial charge on any atom is 0.536 e. The van der Waals surface area contributed by atoms with E-state index in [1.54, 1.807) is 21.3 Å². The van der Waals surface area contributed by atoms with Crippen molar-refractivity contribution in [2.75, 3.05) is 34.5 Å². The van der Waals surface area contributed by atoms with Crippen molar-refractivity contribution in [1.29, 1.82) is 0 Å². The molecule has 0 spiro atoms. The van der Waals surface area contributed by atoms with Crippen molar-refractivity contribution in [1.82, 2.24) is 0 Å². The molecular weight excluding hydrogens is 368 g/mol. The lowest BCUT2D eigenvalue weighted by molar-refractivity contribution is -0.118. The quantitative estimate of drug-likeness (QED) is 0.624. The van der Waals surface area contributed by atoms with Crippen LogP contribution in [0.3, 0.4) is 0 Å². The summed E-state index contributed by atoms with van der Waals surface area (Å²) in [6, 6.07) is 5.64. The van der Waals surface area contributed by atoms with Crippen molar-refractivity contribution >= 4 is 14.0 Å². The van der Waals surface area contributed by atoms with Crippen LogP contribution in [0.25, 0.3) is 0 Å². The van der Waals surface area contributed by atoms with Crippen molar-refractivity contribution in [3.63, 3.8) is 0 Å². The Bertz CT molecular complexity index is 573. The first-order chi connectivity index (χ1) is 13.2. The summed E-state index contributed by atoms with van der Waals surface area (Å²) in [4.78, 5) is 0. The lowest BCUT2D eigenvalue weighted by Crippen LogP contribution is -2.54. The first-order valence-electron chi connectivity index (χ1n) is 9.57. The molecule has 27 heavy (non-hydrogen) atoms. The number of benzene rings is 1. The van der Waals surface area contributed by atoms with Crippen LogP contribution in [0.5, 0.6) is 11.5 Å². The van der Waals surface area contributed by atoms with E-state index < -0.39 is 8.80 Å². The third-order valence-electron chi connectivity index (χ3n) is 4.90. The van der Waals surface area contributed by atoms with E-state index in [1.807, 2.05) is 18.2 Å². The van der Waals surface area contributed by atoms with Gasteiger partial charge in [0.25, 0.3) is 0 Å². The third kappa shape index (κ3) is 5.01. The number of rotatable bonds is 8. The summed E-state index contributed by atoms with van der Waals surface area (Å²) in [6.45, 7) is 1.43. The highest BCUT2D eigenvalue weighted by Gasteiger charge is 2.41. The van der Waals surface area contributed by atoms with Gasteiger partial charge in [0.1, 0.15) is 0 Å². The maximum absolute atomic E-state index is 6.15. The molecule has 2 heterocycles. The van der Waals surface area contributed by atoms with Crippen LogP contribution in [-0.2, 0) is 22.8 Å². The van der Waals surface area contributed by atoms with E-state index in [2.05, 4.69) is 0 Å². The largest absolute Gasteiger partial charge is 0.536 e. The van der Waals surface area contributed by atoms with Gasteiger partial charge in [-0.3, -0.25) is 0 Å². The number of hydrogen-bond acceptors (Lipinski definition) is 7. The van der Waals surface area contributed by atoms with Gasteiger partial charge in [-0.15, -0.1) is 0 Å². The van der Waals surface area contributed by atoms with Crippen LogP contribution in [0.2, 0.25) is 0 Å². The Kier molecular flexibility index (Phi) is 7.51. The zero-order chi connectivity index (χ0) is 19.1. The van der Waals surface area contributed by atoms with Gasteiger partial charge >= 0.3 is 8.80 Å². The highest BCUT2D eigenvalue weighted by atomic mass is 28.4. The fraction of sp³-hybridized carbons (Fsp3) is 0.684. The van der Waals surface area contributed by atoms with Crippen molar-refractivity contribution in [3.05, 3.63) is 18.2 Å². The summed E-state index contributed by atoms with van der Waals surface area (Å²) in [6.07, 6.45) is 5.49. The van der Waals surface area contributed by atoms with E-state index in [9.17, 15) is 0 Å². The molecule has 0 amide bonds. The fourth-order valence-electron chi connectivity index (χ4n) is 3.38. The minimum Gasteiger partial charge on any atom is -0.461 e. The van der Waals surface area contributed by atoms with Gasteiger partial charge in [0.05, 0.1) is 13.2 Å². The molecule has 2 saturated heterocycles. The van der Waals surface area contributed by atoms with Crippen LogP contribution in [0.1, 0.15) is 38.5 Å². The Morgan fingerprint density at radius 2 is 1.33 bits per heavy atom. The molecule has 0 saturated carbocycles. The molecule has 2 aliphatic rings. The minimum absolute atomic E-state index is 0.256. The molecule has 2 unspecified atom stereocenters. The van der Waals surface area contributed by atoms with Gasteiger partial charge in [0.2, 0.25) is 0 Å². The van der Waals surface area contributed by atoms with E-state index in [1.165, 1.54) is 0 Å². The van der Waals surface area contributed by atoms with Crippen LogP contribution >= 0.6 is 0 Å². The lowest BCUT2D eigenvalue weighted by Gasteiger charge is -2.29. The monoisotopic (exact) mass is 398 g/mol. The summed E-state index contributed by atoms with van der Waals surface area (Å²) in [7, 11) is 1.79. The lowest BCUT2D eigenvalue weighted by atomic mass is 10.2. The first-order valence-corrected chi connectivity index (χ1v) is 11.3. The Hall–Kier alpha value is -1.16. The molecule has 2 aliphatic heterocycles. The number of hydrogen-bond donors (Lipinski definition) is 0. The molecule has 0 radical (unpaired) electrons. The van der Waals surface area contributed by atoms with Crippen LogP contribution in [0, 0.1) is 0 Å². The molecule has 1 aromatic rings. The topological polar surface area (TPSA) is 64.6 Å². The normalized spacial score (nSPS) is 23.8. The van der Waals surface area contributed by atoms with E-state index in [0.717, 1.165) is 50.3 Å². The second-order valence-electron chi connectivity index (χ2n) is 6.66. The summed E-state index contributed by atoms with van der Waals surface area (Å²) >= 11 is 0. The molecule has 1 aromatic carbocycles. The van der Waals surface area contributed by atoms with Gasteiger partial charge in [-0.25, -0.2) is 0 Å². The predicted molar refractivity (Wildman–Crippen MR) is 101 cm³/mol. The van der Waals surface area contributed by atoms with Crippen LogP contribution in [0.4, 0.5) is 0 Å². The summed E-state index contributed by atoms with van der Waals surface area (Å²) in [5.74, 6) is 1.22. The molecule has 0 aliphatic carbocycles. The van der Waals surface area contributed by atoms with E-state index in [4.69, 9.17) is 32.2 Å². The Balaban J connectivity index is 1.86. The molecular formula is C19H30O7Si. The van der Waals surface area contributed by atoms with Crippen molar-refractivity contribution in [2.24, 2.45) is 0 Å². The van der Waals surface area contributed by atoms with Gasteiger partial charge < -0.3 is 32.2 Å². The smallest absolute Gasteiger partial charge is 0.461 e. The molecule has 2 fully saturated rings. The zero-order valence-corrected chi connectivity index (χ0v) is 17.4.